The molecule has 7 heteroatoms. The van der Waals surface area contributed by atoms with E-state index in [-0.39, 0.29) is 11.4 Å². The minimum Gasteiger partial charge on any atom is -0.419 e. The number of amides is 1. The van der Waals surface area contributed by atoms with Gasteiger partial charge in [-0.1, -0.05) is 25.1 Å². The first-order valence-corrected chi connectivity index (χ1v) is 7.65. The molecule has 0 unspecified atom stereocenters. The highest BCUT2D eigenvalue weighted by atomic mass is 16.7. The minimum atomic E-state index is -1.34. The highest BCUT2D eigenvalue weighted by Crippen LogP contribution is 2.23. The maximum Gasteiger partial charge on any atom is 0.352 e. The van der Waals surface area contributed by atoms with Gasteiger partial charge >= 0.3 is 11.9 Å². The summed E-state index contributed by atoms with van der Waals surface area (Å²) in [5.74, 6) is -3.49. The summed E-state index contributed by atoms with van der Waals surface area (Å²) in [6.07, 6.45) is 0.730. The molecule has 7 nitrogen and oxygen atoms in total. The van der Waals surface area contributed by atoms with E-state index >= 15 is 0 Å². The molecule has 0 radical (unpaired) electrons. The molecule has 1 fully saturated rings. The average Bonchev–Trinajstić information content (AvgIpc) is 2.51. The summed E-state index contributed by atoms with van der Waals surface area (Å²) < 4.78 is 10.1. The van der Waals surface area contributed by atoms with Crippen molar-refractivity contribution in [1.82, 2.24) is 10.6 Å². The van der Waals surface area contributed by atoms with Gasteiger partial charge in [0.1, 0.15) is 5.82 Å². The van der Waals surface area contributed by atoms with Crippen LogP contribution in [-0.4, -0.2) is 30.2 Å². The average molecular weight is 332 g/mol. The van der Waals surface area contributed by atoms with Crippen LogP contribution in [0, 0.1) is 0 Å². The van der Waals surface area contributed by atoms with Crippen LogP contribution in [0.4, 0.5) is 0 Å². The number of hydrogen-bond acceptors (Lipinski definition) is 6. The highest BCUT2D eigenvalue weighted by molar-refractivity contribution is 6.16. The molecule has 1 aliphatic rings. The maximum atomic E-state index is 12.3. The van der Waals surface area contributed by atoms with Gasteiger partial charge < -0.3 is 20.1 Å². The van der Waals surface area contributed by atoms with Gasteiger partial charge in [0.25, 0.3) is 11.7 Å². The number of carbonyl (C=O) groups is 3. The summed E-state index contributed by atoms with van der Waals surface area (Å²) in [6.45, 7) is 5.29. The van der Waals surface area contributed by atoms with Crippen LogP contribution in [0.2, 0.25) is 0 Å². The van der Waals surface area contributed by atoms with E-state index < -0.39 is 23.6 Å². The zero-order valence-corrected chi connectivity index (χ0v) is 13.8. The zero-order valence-electron chi connectivity index (χ0n) is 13.8. The second-order valence-corrected chi connectivity index (χ2v) is 5.68. The van der Waals surface area contributed by atoms with Crippen LogP contribution in [0.25, 0.3) is 0 Å². The lowest BCUT2D eigenvalue weighted by atomic mass is 10.2. The fraction of sp³-hybridized carbons (Fsp3) is 0.353. The van der Waals surface area contributed by atoms with Gasteiger partial charge in [-0.25, -0.2) is 9.59 Å². The lowest BCUT2D eigenvalue weighted by Crippen LogP contribution is -2.45. The van der Waals surface area contributed by atoms with Crippen molar-refractivity contribution in [2.75, 3.05) is 6.54 Å². The van der Waals surface area contributed by atoms with Crippen molar-refractivity contribution >= 4 is 17.8 Å². The van der Waals surface area contributed by atoms with Crippen molar-refractivity contribution in [2.45, 2.75) is 33.0 Å². The number of carbonyl (C=O) groups excluding carboxylic acids is 3. The SMILES string of the molecule is CCCNC(NC(=O)c1ccccc1)=C1C(=O)OC(C)(C)OC1=O. The molecule has 1 heterocycles. The monoisotopic (exact) mass is 332 g/mol. The molecule has 0 saturated carbocycles. The number of esters is 2. The normalized spacial score (nSPS) is 16.0. The number of rotatable bonds is 5. The fourth-order valence-electron chi connectivity index (χ4n) is 2.08. The fourth-order valence-corrected chi connectivity index (χ4v) is 2.08. The topological polar surface area (TPSA) is 93.7 Å². The molecule has 0 aliphatic carbocycles. The Balaban J connectivity index is 2.32. The third kappa shape index (κ3) is 4.13. The molecule has 2 N–H and O–H groups in total. The van der Waals surface area contributed by atoms with Gasteiger partial charge in [-0.2, -0.15) is 0 Å². The molecule has 24 heavy (non-hydrogen) atoms. The Kier molecular flexibility index (Phi) is 5.23. The van der Waals surface area contributed by atoms with Gasteiger partial charge in [0.2, 0.25) is 0 Å². The molecule has 1 amide bonds. The molecule has 128 valence electrons. The Labute approximate surface area is 140 Å². The van der Waals surface area contributed by atoms with E-state index in [2.05, 4.69) is 10.6 Å². The molecule has 0 aromatic heterocycles. The smallest absolute Gasteiger partial charge is 0.352 e. The Bertz CT molecular complexity index is 657. The van der Waals surface area contributed by atoms with Crippen LogP contribution in [0.15, 0.2) is 41.7 Å². The Hall–Kier alpha value is -2.83. The molecular formula is C17H20N2O5. The van der Waals surface area contributed by atoms with Crippen LogP contribution >= 0.6 is 0 Å². The highest BCUT2D eigenvalue weighted by Gasteiger charge is 2.41. The van der Waals surface area contributed by atoms with Crippen LogP contribution in [-0.2, 0) is 19.1 Å². The lowest BCUT2D eigenvalue weighted by Gasteiger charge is -2.30. The molecule has 0 spiro atoms. The van der Waals surface area contributed by atoms with Gasteiger partial charge in [0.15, 0.2) is 5.57 Å². The third-order valence-electron chi connectivity index (χ3n) is 3.16. The van der Waals surface area contributed by atoms with Crippen LogP contribution in [0.1, 0.15) is 37.6 Å². The maximum absolute atomic E-state index is 12.3. The summed E-state index contributed by atoms with van der Waals surface area (Å²) in [6, 6.07) is 8.46. The standard InChI is InChI=1S/C17H20N2O5/c1-4-10-18-13(19-14(20)11-8-6-5-7-9-11)12-15(21)23-17(2,3)24-16(12)22/h5-9,18H,4,10H2,1-3H3,(H,19,20). The van der Waals surface area contributed by atoms with Crippen molar-refractivity contribution in [3.05, 3.63) is 47.3 Å². The number of ether oxygens (including phenoxy) is 2. The van der Waals surface area contributed by atoms with E-state index in [0.717, 1.165) is 6.42 Å². The summed E-state index contributed by atoms with van der Waals surface area (Å²) in [4.78, 5) is 36.7. The molecule has 2 rings (SSSR count). The van der Waals surface area contributed by atoms with E-state index in [9.17, 15) is 14.4 Å². The van der Waals surface area contributed by atoms with E-state index in [1.807, 2.05) is 6.92 Å². The summed E-state index contributed by atoms with van der Waals surface area (Å²) in [5.41, 5.74) is 0.0406. The lowest BCUT2D eigenvalue weighted by molar-refractivity contribution is -0.222. The first kappa shape index (κ1) is 17.5. The first-order chi connectivity index (χ1) is 11.3. The quantitative estimate of drug-likeness (QED) is 0.482. The number of nitrogens with one attached hydrogen (secondary N) is 2. The van der Waals surface area contributed by atoms with Gasteiger partial charge in [0.05, 0.1) is 0 Å². The summed E-state index contributed by atoms with van der Waals surface area (Å²) in [7, 11) is 0. The molecule has 1 aromatic carbocycles. The predicted octanol–water partition coefficient (Wildman–Crippen LogP) is 1.46. The van der Waals surface area contributed by atoms with E-state index in [1.165, 1.54) is 13.8 Å². The predicted molar refractivity (Wildman–Crippen MR) is 85.5 cm³/mol. The van der Waals surface area contributed by atoms with Crippen molar-refractivity contribution < 1.29 is 23.9 Å². The van der Waals surface area contributed by atoms with Crippen LogP contribution in [0.3, 0.4) is 0 Å². The molecule has 1 saturated heterocycles. The molecule has 1 aliphatic heterocycles. The summed E-state index contributed by atoms with van der Waals surface area (Å²) in [5, 5.41) is 5.43. The van der Waals surface area contributed by atoms with Crippen molar-refractivity contribution in [2.24, 2.45) is 0 Å². The number of benzene rings is 1. The number of cyclic esters (lactones) is 2. The second-order valence-electron chi connectivity index (χ2n) is 5.68. The largest absolute Gasteiger partial charge is 0.419 e. The van der Waals surface area contributed by atoms with Gasteiger partial charge in [-0.05, 0) is 18.6 Å². The number of hydrogen-bond donors (Lipinski definition) is 2. The second kappa shape index (κ2) is 7.16. The third-order valence-corrected chi connectivity index (χ3v) is 3.16. The van der Waals surface area contributed by atoms with Crippen LogP contribution < -0.4 is 10.6 Å². The minimum absolute atomic E-state index is 0.0174. The van der Waals surface area contributed by atoms with Crippen molar-refractivity contribution in [3.63, 3.8) is 0 Å². The zero-order chi connectivity index (χ0) is 17.7. The van der Waals surface area contributed by atoms with E-state index in [0.29, 0.717) is 12.1 Å². The Morgan fingerprint density at radius 2 is 1.67 bits per heavy atom. The molecule has 1 aromatic rings. The Morgan fingerprint density at radius 3 is 2.21 bits per heavy atom. The first-order valence-electron chi connectivity index (χ1n) is 7.65. The molecular weight excluding hydrogens is 312 g/mol. The van der Waals surface area contributed by atoms with Gasteiger partial charge in [-0.3, -0.25) is 4.79 Å². The summed E-state index contributed by atoms with van der Waals surface area (Å²) >= 11 is 0. The van der Waals surface area contributed by atoms with E-state index in [4.69, 9.17) is 9.47 Å². The van der Waals surface area contributed by atoms with Crippen LogP contribution in [0.5, 0.6) is 0 Å². The van der Waals surface area contributed by atoms with Gasteiger partial charge in [0, 0.05) is 26.0 Å². The van der Waals surface area contributed by atoms with Crippen molar-refractivity contribution in [1.29, 1.82) is 0 Å². The molecule has 0 atom stereocenters. The van der Waals surface area contributed by atoms with Crippen molar-refractivity contribution in [3.8, 4) is 0 Å². The van der Waals surface area contributed by atoms with Gasteiger partial charge in [-0.15, -0.1) is 0 Å². The molecule has 0 bridgehead atoms. The Morgan fingerprint density at radius 1 is 1.08 bits per heavy atom. The van der Waals surface area contributed by atoms with E-state index in [1.54, 1.807) is 30.3 Å².